The fraction of sp³-hybridized carbons (Fsp3) is 0.150. The molecular weight excluding hydrogens is 384 g/mol. The smallest absolute Gasteiger partial charge is 0.387 e. The molecule has 0 aliphatic carbocycles. The van der Waals surface area contributed by atoms with Gasteiger partial charge < -0.3 is 19.3 Å². The molecule has 1 amide bonds. The lowest BCUT2D eigenvalue weighted by atomic mass is 10.1. The van der Waals surface area contributed by atoms with E-state index in [1.807, 2.05) is 0 Å². The van der Waals surface area contributed by atoms with Crippen LogP contribution >= 0.6 is 0 Å². The SMILES string of the molecule is COc1cc(/C=C/C(=O)Nc2ccccc2-c2noc(C)n2)ccc1OC(F)F. The minimum Gasteiger partial charge on any atom is -0.493 e. The topological polar surface area (TPSA) is 86.5 Å². The van der Waals surface area contributed by atoms with Gasteiger partial charge in [0, 0.05) is 18.6 Å². The number of anilines is 1. The van der Waals surface area contributed by atoms with Crippen molar-refractivity contribution < 1.29 is 27.6 Å². The van der Waals surface area contributed by atoms with Crippen LogP contribution in [0.15, 0.2) is 53.1 Å². The maximum atomic E-state index is 12.4. The van der Waals surface area contributed by atoms with Crippen LogP contribution in [-0.4, -0.2) is 29.8 Å². The van der Waals surface area contributed by atoms with E-state index in [0.717, 1.165) is 0 Å². The molecule has 1 N–H and O–H groups in total. The molecule has 0 fully saturated rings. The van der Waals surface area contributed by atoms with Gasteiger partial charge in [-0.15, -0.1) is 0 Å². The van der Waals surface area contributed by atoms with Gasteiger partial charge >= 0.3 is 6.61 Å². The van der Waals surface area contributed by atoms with Gasteiger partial charge in [-0.3, -0.25) is 4.79 Å². The van der Waals surface area contributed by atoms with Crippen LogP contribution < -0.4 is 14.8 Å². The first-order valence-corrected chi connectivity index (χ1v) is 8.48. The monoisotopic (exact) mass is 401 g/mol. The molecule has 0 bridgehead atoms. The van der Waals surface area contributed by atoms with Crippen molar-refractivity contribution in [1.82, 2.24) is 10.1 Å². The summed E-state index contributed by atoms with van der Waals surface area (Å²) in [5.41, 5.74) is 1.70. The standard InChI is InChI=1S/C20H17F2N3O4/c1-12-23-19(25-29-12)14-5-3-4-6-15(14)24-18(26)10-8-13-7-9-16(28-20(21)22)17(11-13)27-2/h3-11,20H,1-2H3,(H,24,26)/b10-8+. The molecule has 9 heteroatoms. The summed E-state index contributed by atoms with van der Waals surface area (Å²) in [5.74, 6) is 0.416. The number of benzene rings is 2. The van der Waals surface area contributed by atoms with E-state index < -0.39 is 12.5 Å². The molecule has 0 aliphatic rings. The van der Waals surface area contributed by atoms with Crippen molar-refractivity contribution >= 4 is 17.7 Å². The Kier molecular flexibility index (Phi) is 6.18. The minimum absolute atomic E-state index is 0.0894. The molecule has 0 radical (unpaired) electrons. The van der Waals surface area contributed by atoms with Gasteiger partial charge in [0.15, 0.2) is 11.5 Å². The molecule has 2 aromatic carbocycles. The number of nitrogens with one attached hydrogen (secondary N) is 1. The summed E-state index contributed by atoms with van der Waals surface area (Å²) < 4.78 is 39.2. The van der Waals surface area contributed by atoms with Gasteiger partial charge in [0.25, 0.3) is 0 Å². The summed E-state index contributed by atoms with van der Waals surface area (Å²) in [6.45, 7) is -1.29. The van der Waals surface area contributed by atoms with Crippen LogP contribution in [0.4, 0.5) is 14.5 Å². The van der Waals surface area contributed by atoms with E-state index in [1.165, 1.54) is 37.5 Å². The number of amides is 1. The minimum atomic E-state index is -2.96. The molecule has 1 aromatic heterocycles. The molecule has 0 saturated heterocycles. The van der Waals surface area contributed by atoms with E-state index in [9.17, 15) is 13.6 Å². The molecule has 7 nitrogen and oxygen atoms in total. The van der Waals surface area contributed by atoms with Gasteiger partial charge in [-0.05, 0) is 35.9 Å². The zero-order chi connectivity index (χ0) is 20.8. The fourth-order valence-electron chi connectivity index (χ4n) is 2.52. The maximum absolute atomic E-state index is 12.4. The van der Waals surface area contributed by atoms with Crippen molar-refractivity contribution in [2.75, 3.05) is 12.4 Å². The van der Waals surface area contributed by atoms with Gasteiger partial charge in [-0.25, -0.2) is 0 Å². The number of rotatable bonds is 7. The first kappa shape index (κ1) is 20.0. The average molecular weight is 401 g/mol. The molecule has 3 aromatic rings. The van der Waals surface area contributed by atoms with Gasteiger partial charge in [-0.2, -0.15) is 13.8 Å². The second-order valence-corrected chi connectivity index (χ2v) is 5.79. The summed E-state index contributed by atoms with van der Waals surface area (Å²) in [5, 5.41) is 6.61. The highest BCUT2D eigenvalue weighted by molar-refractivity contribution is 6.03. The average Bonchev–Trinajstić information content (AvgIpc) is 3.13. The number of para-hydroxylation sites is 1. The van der Waals surface area contributed by atoms with Crippen LogP contribution in [0, 0.1) is 6.92 Å². The predicted molar refractivity (Wildman–Crippen MR) is 102 cm³/mol. The van der Waals surface area contributed by atoms with Crippen molar-refractivity contribution in [1.29, 1.82) is 0 Å². The lowest BCUT2D eigenvalue weighted by Gasteiger charge is -2.10. The van der Waals surface area contributed by atoms with Crippen molar-refractivity contribution in [2.45, 2.75) is 13.5 Å². The molecular formula is C20H17F2N3O4. The van der Waals surface area contributed by atoms with Crippen LogP contribution in [0.25, 0.3) is 17.5 Å². The normalized spacial score (nSPS) is 11.1. The lowest BCUT2D eigenvalue weighted by molar-refractivity contribution is -0.111. The first-order valence-electron chi connectivity index (χ1n) is 8.48. The summed E-state index contributed by atoms with van der Waals surface area (Å²) in [6.07, 6.45) is 2.83. The zero-order valence-electron chi connectivity index (χ0n) is 15.6. The Morgan fingerprint density at radius 3 is 2.69 bits per heavy atom. The van der Waals surface area contributed by atoms with E-state index in [0.29, 0.717) is 28.5 Å². The lowest BCUT2D eigenvalue weighted by Crippen LogP contribution is -2.09. The maximum Gasteiger partial charge on any atom is 0.387 e. The highest BCUT2D eigenvalue weighted by Crippen LogP contribution is 2.30. The molecule has 0 aliphatic heterocycles. The summed E-state index contributed by atoms with van der Waals surface area (Å²) in [4.78, 5) is 16.5. The van der Waals surface area contributed by atoms with E-state index >= 15 is 0 Å². The van der Waals surface area contributed by atoms with Gasteiger partial charge in [0.2, 0.25) is 17.6 Å². The summed E-state index contributed by atoms with van der Waals surface area (Å²) in [7, 11) is 1.34. The third-order valence-electron chi connectivity index (χ3n) is 3.78. The van der Waals surface area contributed by atoms with E-state index in [2.05, 4.69) is 20.2 Å². The Morgan fingerprint density at radius 1 is 1.21 bits per heavy atom. The number of methoxy groups -OCH3 is 1. The Balaban J connectivity index is 1.74. The Morgan fingerprint density at radius 2 is 2.00 bits per heavy atom. The first-order chi connectivity index (χ1) is 14.0. The fourth-order valence-corrected chi connectivity index (χ4v) is 2.52. The molecule has 1 heterocycles. The molecule has 0 atom stereocenters. The third-order valence-corrected chi connectivity index (χ3v) is 3.78. The van der Waals surface area contributed by atoms with E-state index in [4.69, 9.17) is 9.26 Å². The Hall–Kier alpha value is -3.75. The van der Waals surface area contributed by atoms with Crippen molar-refractivity contribution in [3.63, 3.8) is 0 Å². The molecule has 29 heavy (non-hydrogen) atoms. The molecule has 0 unspecified atom stereocenters. The zero-order valence-corrected chi connectivity index (χ0v) is 15.6. The predicted octanol–water partition coefficient (Wildman–Crippen LogP) is 4.31. The summed E-state index contributed by atoms with van der Waals surface area (Å²) in [6, 6.07) is 11.4. The molecule has 3 rings (SSSR count). The van der Waals surface area contributed by atoms with Crippen molar-refractivity contribution in [2.24, 2.45) is 0 Å². The van der Waals surface area contributed by atoms with Gasteiger partial charge in [0.1, 0.15) is 0 Å². The number of alkyl halides is 2. The van der Waals surface area contributed by atoms with Crippen LogP contribution in [0.2, 0.25) is 0 Å². The number of ether oxygens (including phenoxy) is 2. The number of carbonyl (C=O) groups is 1. The quantitative estimate of drug-likeness (QED) is 0.594. The van der Waals surface area contributed by atoms with Crippen molar-refractivity contribution in [3.05, 3.63) is 60.0 Å². The number of hydrogen-bond donors (Lipinski definition) is 1. The number of halogens is 2. The number of aromatic nitrogens is 2. The van der Waals surface area contributed by atoms with Crippen LogP contribution in [0.5, 0.6) is 11.5 Å². The third kappa shape index (κ3) is 5.16. The van der Waals surface area contributed by atoms with Gasteiger partial charge in [-0.1, -0.05) is 23.4 Å². The number of aryl methyl sites for hydroxylation is 1. The Labute approximate surface area is 165 Å². The van der Waals surface area contributed by atoms with Gasteiger partial charge in [0.05, 0.1) is 12.8 Å². The molecule has 0 saturated carbocycles. The summed E-state index contributed by atoms with van der Waals surface area (Å²) >= 11 is 0. The Bertz CT molecular complexity index is 1030. The van der Waals surface area contributed by atoms with E-state index in [1.54, 1.807) is 31.2 Å². The van der Waals surface area contributed by atoms with Crippen LogP contribution in [0.1, 0.15) is 11.5 Å². The number of nitrogens with zero attached hydrogens (tertiary/aromatic N) is 2. The van der Waals surface area contributed by atoms with Crippen LogP contribution in [-0.2, 0) is 4.79 Å². The number of hydrogen-bond acceptors (Lipinski definition) is 6. The number of carbonyl (C=O) groups excluding carboxylic acids is 1. The molecule has 0 spiro atoms. The van der Waals surface area contributed by atoms with E-state index in [-0.39, 0.29) is 11.5 Å². The second kappa shape index (κ2) is 8.96. The molecule has 150 valence electrons. The largest absolute Gasteiger partial charge is 0.493 e. The van der Waals surface area contributed by atoms with Crippen molar-refractivity contribution in [3.8, 4) is 22.9 Å². The highest BCUT2D eigenvalue weighted by atomic mass is 19.3. The second-order valence-electron chi connectivity index (χ2n) is 5.79. The highest BCUT2D eigenvalue weighted by Gasteiger charge is 2.12. The van der Waals surface area contributed by atoms with Crippen LogP contribution in [0.3, 0.4) is 0 Å².